The summed E-state index contributed by atoms with van der Waals surface area (Å²) in [4.78, 5) is 34.4. The van der Waals surface area contributed by atoms with Gasteiger partial charge >= 0.3 is 0 Å². The van der Waals surface area contributed by atoms with Gasteiger partial charge in [-0.2, -0.15) is 0 Å². The van der Waals surface area contributed by atoms with Crippen LogP contribution in [0.1, 0.15) is 50.9 Å². The van der Waals surface area contributed by atoms with Crippen LogP contribution in [-0.4, -0.2) is 26.6 Å². The molecular weight excluding hydrogens is 460 g/mol. The highest BCUT2D eigenvalue weighted by molar-refractivity contribution is 6.67. The summed E-state index contributed by atoms with van der Waals surface area (Å²) in [5, 5.41) is 13.3. The zero-order valence-electron chi connectivity index (χ0n) is 21.5. The molecule has 3 N–H and O–H groups in total. The van der Waals surface area contributed by atoms with Crippen LogP contribution >= 0.6 is 0 Å². The second-order valence-corrected chi connectivity index (χ2v) is 10.3. The number of aromatic nitrogens is 2. The number of fused-ring (bicyclic) bond motifs is 2. The molecule has 0 spiro atoms. The number of Topliss-reactive ketones (excluding diaryl/α,β-unsaturated/α-hetero) is 2. The fourth-order valence-electron chi connectivity index (χ4n) is 5.03. The quantitative estimate of drug-likeness (QED) is 0.150. The highest BCUT2D eigenvalue weighted by Crippen LogP contribution is 2.44. The summed E-state index contributed by atoms with van der Waals surface area (Å²) in [7, 11) is 0. The van der Waals surface area contributed by atoms with Gasteiger partial charge in [-0.1, -0.05) is 68.0 Å². The Morgan fingerprint density at radius 1 is 0.946 bits per heavy atom. The molecule has 0 radical (unpaired) electrons. The van der Waals surface area contributed by atoms with Crippen LogP contribution in [0, 0.1) is 0 Å². The molecule has 4 aromatic rings. The number of hydrogen-bond donors (Lipinski definition) is 3. The molecule has 2 aromatic carbocycles. The number of benzene rings is 2. The van der Waals surface area contributed by atoms with Crippen LogP contribution < -0.4 is 0 Å². The molecule has 1 aliphatic carbocycles. The molecule has 0 aliphatic heterocycles. The number of aromatic amines is 2. The smallest absolute Gasteiger partial charge is 0.237 e. The van der Waals surface area contributed by atoms with E-state index in [1.54, 1.807) is 6.20 Å². The van der Waals surface area contributed by atoms with Gasteiger partial charge in [0, 0.05) is 61.4 Å². The third-order valence-corrected chi connectivity index (χ3v) is 7.17. The van der Waals surface area contributed by atoms with Crippen LogP contribution in [0.15, 0.2) is 90.4 Å². The minimum absolute atomic E-state index is 0.0349. The van der Waals surface area contributed by atoms with E-state index in [1.165, 1.54) is 0 Å². The van der Waals surface area contributed by atoms with Gasteiger partial charge in [-0.3, -0.25) is 9.59 Å². The van der Waals surface area contributed by atoms with E-state index in [0.29, 0.717) is 23.1 Å². The molecule has 0 bridgehead atoms. The molecule has 0 saturated heterocycles. The minimum atomic E-state index is -0.717. The SMILES string of the molecule is C=CC(C)(C)c1[nH]c2ccccc2c1C1=C(CC=C(C)C)C(O)=C(c2c[nH]c3ccccc23)C(=O)C1=O. The Balaban J connectivity index is 1.89. The van der Waals surface area contributed by atoms with Crippen molar-refractivity contribution in [1.29, 1.82) is 0 Å². The first-order chi connectivity index (χ1) is 17.7. The monoisotopic (exact) mass is 490 g/mol. The van der Waals surface area contributed by atoms with Crippen molar-refractivity contribution in [3.63, 3.8) is 0 Å². The number of aliphatic hydroxyl groups is 1. The Labute approximate surface area is 215 Å². The van der Waals surface area contributed by atoms with Gasteiger partial charge in [0.05, 0.1) is 5.57 Å². The normalized spacial score (nSPS) is 14.7. The van der Waals surface area contributed by atoms with E-state index >= 15 is 0 Å². The molecule has 2 heterocycles. The molecule has 0 fully saturated rings. The minimum Gasteiger partial charge on any atom is -0.507 e. The fourth-order valence-corrected chi connectivity index (χ4v) is 5.03. The number of nitrogens with one attached hydrogen (secondary N) is 2. The number of carbonyl (C=O) groups is 2. The molecule has 2 aromatic heterocycles. The third kappa shape index (κ3) is 3.87. The molecule has 0 amide bonds. The lowest BCUT2D eigenvalue weighted by atomic mass is 9.77. The van der Waals surface area contributed by atoms with Crippen LogP contribution in [0.25, 0.3) is 33.0 Å². The van der Waals surface area contributed by atoms with Crippen molar-refractivity contribution >= 4 is 44.5 Å². The Morgan fingerprint density at radius 2 is 1.57 bits per heavy atom. The number of allylic oxidation sites excluding steroid dienone is 6. The molecule has 5 heteroatoms. The van der Waals surface area contributed by atoms with Gasteiger partial charge in [0.15, 0.2) is 0 Å². The predicted octanol–water partition coefficient (Wildman–Crippen LogP) is 7.34. The van der Waals surface area contributed by atoms with E-state index in [0.717, 1.165) is 33.1 Å². The zero-order valence-corrected chi connectivity index (χ0v) is 21.5. The first-order valence-electron chi connectivity index (χ1n) is 12.4. The van der Waals surface area contributed by atoms with E-state index in [1.807, 2.05) is 88.4 Å². The van der Waals surface area contributed by atoms with E-state index in [4.69, 9.17) is 0 Å². The maximum atomic E-state index is 14.1. The molecule has 0 atom stereocenters. The molecule has 0 saturated carbocycles. The molecule has 5 nitrogen and oxygen atoms in total. The highest BCUT2D eigenvalue weighted by Gasteiger charge is 2.40. The summed E-state index contributed by atoms with van der Waals surface area (Å²) in [6, 6.07) is 15.2. The average Bonchev–Trinajstić information content (AvgIpc) is 3.48. The summed E-state index contributed by atoms with van der Waals surface area (Å²) in [6.07, 6.45) is 5.78. The van der Waals surface area contributed by atoms with E-state index in [9.17, 15) is 14.7 Å². The Hall–Kier alpha value is -4.38. The first-order valence-corrected chi connectivity index (χ1v) is 12.4. The van der Waals surface area contributed by atoms with Crippen LogP contribution in [-0.2, 0) is 15.0 Å². The summed E-state index contributed by atoms with van der Waals surface area (Å²) >= 11 is 0. The predicted molar refractivity (Wildman–Crippen MR) is 150 cm³/mol. The number of H-pyrrole nitrogens is 2. The van der Waals surface area contributed by atoms with Crippen molar-refractivity contribution in [2.45, 2.75) is 39.5 Å². The fraction of sp³-hybridized carbons (Fsp3) is 0.188. The molecular formula is C32H30N2O3. The maximum Gasteiger partial charge on any atom is 0.237 e. The number of aliphatic hydroxyl groups excluding tert-OH is 1. The highest BCUT2D eigenvalue weighted by atomic mass is 16.3. The van der Waals surface area contributed by atoms with Crippen molar-refractivity contribution < 1.29 is 14.7 Å². The molecule has 37 heavy (non-hydrogen) atoms. The van der Waals surface area contributed by atoms with E-state index in [-0.39, 0.29) is 16.9 Å². The van der Waals surface area contributed by atoms with Crippen molar-refractivity contribution in [3.8, 4) is 0 Å². The van der Waals surface area contributed by atoms with E-state index in [2.05, 4.69) is 16.5 Å². The average molecular weight is 491 g/mol. The summed E-state index contributed by atoms with van der Waals surface area (Å²) in [6.45, 7) is 12.0. The largest absolute Gasteiger partial charge is 0.507 e. The van der Waals surface area contributed by atoms with Crippen LogP contribution in [0.4, 0.5) is 0 Å². The summed E-state index contributed by atoms with van der Waals surface area (Å²) in [5.74, 6) is -1.50. The second kappa shape index (κ2) is 8.93. The molecule has 186 valence electrons. The van der Waals surface area contributed by atoms with Crippen LogP contribution in [0.5, 0.6) is 0 Å². The maximum absolute atomic E-state index is 14.1. The van der Waals surface area contributed by atoms with Gasteiger partial charge in [-0.15, -0.1) is 6.58 Å². The summed E-state index contributed by atoms with van der Waals surface area (Å²) in [5.41, 5.74) is 4.85. The lowest BCUT2D eigenvalue weighted by Gasteiger charge is -2.25. The zero-order chi connectivity index (χ0) is 26.5. The third-order valence-electron chi connectivity index (χ3n) is 7.17. The van der Waals surface area contributed by atoms with Gasteiger partial charge < -0.3 is 15.1 Å². The van der Waals surface area contributed by atoms with Crippen molar-refractivity contribution in [1.82, 2.24) is 9.97 Å². The van der Waals surface area contributed by atoms with Crippen LogP contribution in [0.3, 0.4) is 0 Å². The van der Waals surface area contributed by atoms with Gasteiger partial charge in [0.1, 0.15) is 5.76 Å². The molecule has 0 unspecified atom stereocenters. The molecule has 5 rings (SSSR count). The van der Waals surface area contributed by atoms with Crippen LogP contribution in [0.2, 0.25) is 0 Å². The number of hydrogen-bond acceptors (Lipinski definition) is 3. The molecule has 1 aliphatic rings. The Bertz CT molecular complexity index is 1700. The van der Waals surface area contributed by atoms with E-state index < -0.39 is 17.0 Å². The van der Waals surface area contributed by atoms with Gasteiger partial charge in [0.25, 0.3) is 0 Å². The van der Waals surface area contributed by atoms with Gasteiger partial charge in [-0.05, 0) is 32.4 Å². The Kier molecular flexibility index (Phi) is 5.87. The van der Waals surface area contributed by atoms with Crippen molar-refractivity contribution in [2.24, 2.45) is 0 Å². The number of rotatable bonds is 6. The van der Waals surface area contributed by atoms with Gasteiger partial charge in [0.2, 0.25) is 11.6 Å². The van der Waals surface area contributed by atoms with Crippen molar-refractivity contribution in [2.75, 3.05) is 0 Å². The number of ketones is 2. The summed E-state index contributed by atoms with van der Waals surface area (Å²) < 4.78 is 0. The number of carbonyl (C=O) groups excluding carboxylic acids is 2. The second-order valence-electron chi connectivity index (χ2n) is 10.3. The lowest BCUT2D eigenvalue weighted by molar-refractivity contribution is -0.130. The Morgan fingerprint density at radius 3 is 2.24 bits per heavy atom. The number of para-hydroxylation sites is 2. The standard InChI is InChI=1S/C32H30N2O3/c1-6-32(4,5)31-26(20-12-8-10-14-24(20)34-31)25-21(16-15-18(2)3)28(35)27(30(37)29(25)36)22-17-33-23-13-9-7-11-19(22)23/h6-15,17,33-35H,1,16H2,2-5H3. The van der Waals surface area contributed by atoms with Crippen molar-refractivity contribution in [3.05, 3.63) is 107 Å². The topological polar surface area (TPSA) is 85.9 Å². The van der Waals surface area contributed by atoms with Gasteiger partial charge in [-0.25, -0.2) is 0 Å². The first kappa shape index (κ1) is 24.3. The lowest BCUT2D eigenvalue weighted by Crippen LogP contribution is -2.26.